The first-order valence-electron chi connectivity index (χ1n) is 5.90. The fourth-order valence-electron chi connectivity index (χ4n) is 2.18. The van der Waals surface area contributed by atoms with Gasteiger partial charge in [0.25, 0.3) is 0 Å². The first kappa shape index (κ1) is 16.1. The summed E-state index contributed by atoms with van der Waals surface area (Å²) in [6.45, 7) is 2.88. The largest absolute Gasteiger partial charge is 3.00 e. The normalized spacial score (nSPS) is 16.3. The molecule has 1 aliphatic heterocycles. The van der Waals surface area contributed by atoms with Gasteiger partial charge in [0.05, 0.1) is 5.69 Å². The summed E-state index contributed by atoms with van der Waals surface area (Å²) >= 11 is -2.26. The standard InChI is InChI=1S/C12H18N2O2S.Y/c1-9-7-10-5-3-2-4-6-13-12(10)8-11(9)14-17(15)16;/h7-8,13-14H,2-6H2,1H3,(H,15,16);/q;+3/p-1. The van der Waals surface area contributed by atoms with Crippen molar-refractivity contribution in [1.82, 2.24) is 0 Å². The van der Waals surface area contributed by atoms with E-state index in [1.807, 2.05) is 13.0 Å². The Balaban J connectivity index is 0.00000162. The van der Waals surface area contributed by atoms with Gasteiger partial charge in [-0.25, -0.2) is 0 Å². The Bertz CT molecular complexity index is 440. The van der Waals surface area contributed by atoms with Gasteiger partial charge in [-0.1, -0.05) is 12.5 Å². The topological polar surface area (TPSA) is 64.2 Å². The van der Waals surface area contributed by atoms with Crippen molar-refractivity contribution in [2.45, 2.75) is 32.6 Å². The molecule has 1 atom stereocenters. The van der Waals surface area contributed by atoms with Crippen molar-refractivity contribution in [3.05, 3.63) is 23.3 Å². The van der Waals surface area contributed by atoms with Crippen LogP contribution in [0.3, 0.4) is 0 Å². The molecule has 1 aromatic rings. The fraction of sp³-hybridized carbons (Fsp3) is 0.500. The molecule has 1 aromatic carbocycles. The maximum atomic E-state index is 10.7. The summed E-state index contributed by atoms with van der Waals surface area (Å²) in [5, 5.41) is 3.36. The Labute approximate surface area is 136 Å². The van der Waals surface area contributed by atoms with E-state index in [-0.39, 0.29) is 32.7 Å². The van der Waals surface area contributed by atoms with Crippen LogP contribution in [0.4, 0.5) is 11.4 Å². The molecular formula is C12H17N2O2SY+2. The Hall–Kier alpha value is 0.0339. The molecule has 2 N–H and O–H groups in total. The van der Waals surface area contributed by atoms with Gasteiger partial charge in [0, 0.05) is 23.5 Å². The number of rotatable bonds is 2. The Morgan fingerprint density at radius 2 is 2.11 bits per heavy atom. The Kier molecular flexibility index (Phi) is 6.78. The second-order valence-electron chi connectivity index (χ2n) is 4.40. The Morgan fingerprint density at radius 1 is 1.33 bits per heavy atom. The second kappa shape index (κ2) is 7.58. The number of hydrogen-bond donors (Lipinski definition) is 2. The van der Waals surface area contributed by atoms with Crippen LogP contribution in [-0.2, 0) is 50.4 Å². The minimum absolute atomic E-state index is 0. The van der Waals surface area contributed by atoms with Gasteiger partial charge in [0.15, 0.2) is 0 Å². The summed E-state index contributed by atoms with van der Waals surface area (Å²) in [5.41, 5.74) is 3.97. The molecule has 94 valence electrons. The van der Waals surface area contributed by atoms with Gasteiger partial charge in [-0.2, -0.15) is 0 Å². The third kappa shape index (κ3) is 4.30. The molecule has 4 nitrogen and oxygen atoms in total. The molecular weight excluding hydrogens is 325 g/mol. The van der Waals surface area contributed by atoms with Gasteiger partial charge in [-0.05, 0) is 43.4 Å². The molecule has 0 aromatic heterocycles. The molecule has 1 heterocycles. The predicted octanol–water partition coefficient (Wildman–Crippen LogP) is 2.34. The third-order valence-electron chi connectivity index (χ3n) is 3.08. The molecule has 1 unspecified atom stereocenters. The van der Waals surface area contributed by atoms with Crippen molar-refractivity contribution in [3.63, 3.8) is 0 Å². The van der Waals surface area contributed by atoms with Crippen molar-refractivity contribution in [1.29, 1.82) is 0 Å². The van der Waals surface area contributed by atoms with E-state index in [4.69, 9.17) is 0 Å². The van der Waals surface area contributed by atoms with E-state index >= 15 is 0 Å². The Morgan fingerprint density at radius 3 is 2.83 bits per heavy atom. The van der Waals surface area contributed by atoms with Crippen molar-refractivity contribution in [2.75, 3.05) is 16.6 Å². The third-order valence-corrected chi connectivity index (χ3v) is 3.47. The molecule has 0 radical (unpaired) electrons. The molecule has 6 heteroatoms. The van der Waals surface area contributed by atoms with Crippen LogP contribution in [0.15, 0.2) is 12.1 Å². The predicted molar refractivity (Wildman–Crippen MR) is 69.8 cm³/mol. The first-order chi connectivity index (χ1) is 8.16. The van der Waals surface area contributed by atoms with Crippen LogP contribution in [0.1, 0.15) is 30.4 Å². The number of hydrogen-bond acceptors (Lipinski definition) is 3. The van der Waals surface area contributed by atoms with E-state index in [0.29, 0.717) is 5.69 Å². The zero-order valence-corrected chi connectivity index (χ0v) is 14.1. The van der Waals surface area contributed by atoms with Crippen molar-refractivity contribution >= 4 is 22.6 Å². The van der Waals surface area contributed by atoms with Gasteiger partial charge < -0.3 is 14.6 Å². The van der Waals surface area contributed by atoms with Gasteiger partial charge in [0.2, 0.25) is 0 Å². The van der Waals surface area contributed by atoms with Crippen LogP contribution < -0.4 is 10.0 Å². The van der Waals surface area contributed by atoms with E-state index in [1.54, 1.807) is 0 Å². The average Bonchev–Trinajstić information content (AvgIpc) is 2.23. The molecule has 0 spiro atoms. The van der Waals surface area contributed by atoms with E-state index in [9.17, 15) is 8.76 Å². The summed E-state index contributed by atoms with van der Waals surface area (Å²) in [7, 11) is 0. The van der Waals surface area contributed by atoms with Crippen LogP contribution >= 0.6 is 0 Å². The number of benzene rings is 1. The number of nitrogens with one attached hydrogen (secondary N) is 2. The fourth-order valence-corrected chi connectivity index (χ4v) is 2.58. The van der Waals surface area contributed by atoms with E-state index in [0.717, 1.165) is 24.2 Å². The summed E-state index contributed by atoms with van der Waals surface area (Å²) in [5.74, 6) is 0. The summed E-state index contributed by atoms with van der Waals surface area (Å²) in [6, 6.07) is 3.97. The zero-order chi connectivity index (χ0) is 12.3. The molecule has 2 rings (SSSR count). The maximum absolute atomic E-state index is 10.7. The summed E-state index contributed by atoms with van der Waals surface area (Å²) < 4.78 is 23.8. The van der Waals surface area contributed by atoms with E-state index < -0.39 is 11.3 Å². The maximum Gasteiger partial charge on any atom is 3.00 e. The minimum atomic E-state index is -2.26. The monoisotopic (exact) mass is 342 g/mol. The van der Waals surface area contributed by atoms with E-state index in [1.165, 1.54) is 24.8 Å². The number of aryl methyl sites for hydroxylation is 2. The quantitative estimate of drug-likeness (QED) is 0.811. The van der Waals surface area contributed by atoms with Crippen molar-refractivity contribution < 1.29 is 41.5 Å². The van der Waals surface area contributed by atoms with Gasteiger partial charge in [0.1, 0.15) is 0 Å². The average molecular weight is 342 g/mol. The van der Waals surface area contributed by atoms with E-state index in [2.05, 4.69) is 16.1 Å². The SMILES string of the molecule is Cc1cc2c(cc1NS(=O)[O-])NCCCCC2.[Y+3]. The molecule has 0 aliphatic carbocycles. The molecule has 0 bridgehead atoms. The molecule has 0 amide bonds. The molecule has 0 fully saturated rings. The van der Waals surface area contributed by atoms with Gasteiger partial charge >= 0.3 is 32.7 Å². The van der Waals surface area contributed by atoms with Gasteiger partial charge in [-0.3, -0.25) is 4.21 Å². The van der Waals surface area contributed by atoms with Crippen LogP contribution in [-0.4, -0.2) is 15.3 Å². The molecule has 0 saturated carbocycles. The molecule has 18 heavy (non-hydrogen) atoms. The number of anilines is 2. The first-order valence-corrected chi connectivity index (χ1v) is 6.97. The van der Waals surface area contributed by atoms with Crippen LogP contribution in [0.5, 0.6) is 0 Å². The summed E-state index contributed by atoms with van der Waals surface area (Å²) in [6.07, 6.45) is 4.68. The molecule has 1 aliphatic rings. The second-order valence-corrected chi connectivity index (χ2v) is 5.07. The smallest absolute Gasteiger partial charge is 0.755 e. The summed E-state index contributed by atoms with van der Waals surface area (Å²) in [4.78, 5) is 0. The minimum Gasteiger partial charge on any atom is -0.755 e. The van der Waals surface area contributed by atoms with Crippen molar-refractivity contribution in [2.24, 2.45) is 0 Å². The van der Waals surface area contributed by atoms with Gasteiger partial charge in [-0.15, -0.1) is 0 Å². The zero-order valence-electron chi connectivity index (χ0n) is 10.5. The van der Waals surface area contributed by atoms with Crippen molar-refractivity contribution in [3.8, 4) is 0 Å². The van der Waals surface area contributed by atoms with Crippen LogP contribution in [0.25, 0.3) is 0 Å². The van der Waals surface area contributed by atoms with Crippen LogP contribution in [0, 0.1) is 6.92 Å². The molecule has 0 saturated heterocycles. The van der Waals surface area contributed by atoms with Crippen LogP contribution in [0.2, 0.25) is 0 Å². The number of fused-ring (bicyclic) bond motifs is 1.